The molecule has 22 heavy (non-hydrogen) atoms. The lowest BCUT2D eigenvalue weighted by Crippen LogP contribution is -2.20. The Morgan fingerprint density at radius 3 is 2.59 bits per heavy atom. The summed E-state index contributed by atoms with van der Waals surface area (Å²) in [7, 11) is 0. The number of carbonyl (C=O) groups is 1. The van der Waals surface area contributed by atoms with Crippen LogP contribution in [0.2, 0.25) is 0 Å². The zero-order valence-electron chi connectivity index (χ0n) is 13.2. The molecule has 0 spiro atoms. The topological polar surface area (TPSA) is 98.7 Å². The molecule has 0 bridgehead atoms. The molecular formula is C15H22N6O. The smallest absolute Gasteiger partial charge is 0.252 e. The summed E-state index contributed by atoms with van der Waals surface area (Å²) < 4.78 is 1.55. The molecule has 0 aliphatic heterocycles. The number of aromatic nitrogens is 4. The van der Waals surface area contributed by atoms with E-state index < -0.39 is 0 Å². The maximum Gasteiger partial charge on any atom is 0.252 e. The summed E-state index contributed by atoms with van der Waals surface area (Å²) in [6, 6.07) is 3.58. The Bertz CT molecular complexity index is 620. The minimum absolute atomic E-state index is 0.000609. The van der Waals surface area contributed by atoms with E-state index in [9.17, 15) is 4.79 Å². The molecule has 7 nitrogen and oxygen atoms in total. The van der Waals surface area contributed by atoms with Crippen LogP contribution in [0.1, 0.15) is 45.2 Å². The minimum Gasteiger partial charge on any atom is -0.328 e. The minimum atomic E-state index is -0.0929. The van der Waals surface area contributed by atoms with Crippen molar-refractivity contribution in [2.24, 2.45) is 5.73 Å². The van der Waals surface area contributed by atoms with E-state index in [1.807, 2.05) is 26.8 Å². The molecule has 7 heteroatoms. The fraction of sp³-hybridized carbons (Fsp3) is 0.467. The van der Waals surface area contributed by atoms with Crippen molar-refractivity contribution in [1.29, 1.82) is 0 Å². The molecule has 1 unspecified atom stereocenters. The second-order valence-corrected chi connectivity index (χ2v) is 5.63. The van der Waals surface area contributed by atoms with Gasteiger partial charge in [-0.3, -0.25) is 4.79 Å². The number of nitrogens with two attached hydrogens (primary N) is 1. The quantitative estimate of drug-likeness (QED) is 0.848. The van der Waals surface area contributed by atoms with Gasteiger partial charge in [-0.05, 0) is 25.3 Å². The highest BCUT2D eigenvalue weighted by Gasteiger charge is 2.15. The summed E-state index contributed by atoms with van der Waals surface area (Å²) in [5.74, 6) is 1.15. The van der Waals surface area contributed by atoms with E-state index in [0.29, 0.717) is 24.6 Å². The zero-order valence-corrected chi connectivity index (χ0v) is 13.2. The van der Waals surface area contributed by atoms with E-state index in [0.717, 1.165) is 5.69 Å². The standard InChI is InChI=1S/C15H22N6O/c1-10(2)12-9-13(19-14(22)6-5-11(3)16)21(20-12)15-17-7-4-8-18-15/h4,7-11H,5-6,16H2,1-3H3,(H,19,22). The van der Waals surface area contributed by atoms with Gasteiger partial charge in [0.05, 0.1) is 5.69 Å². The first-order chi connectivity index (χ1) is 10.5. The largest absolute Gasteiger partial charge is 0.328 e. The molecule has 1 amide bonds. The Morgan fingerprint density at radius 2 is 2.00 bits per heavy atom. The molecule has 0 saturated heterocycles. The first-order valence-electron chi connectivity index (χ1n) is 7.40. The van der Waals surface area contributed by atoms with Crippen LogP contribution in [0, 0.1) is 0 Å². The van der Waals surface area contributed by atoms with Gasteiger partial charge in [0.2, 0.25) is 5.91 Å². The van der Waals surface area contributed by atoms with Crippen molar-refractivity contribution >= 4 is 11.7 Å². The molecule has 2 rings (SSSR count). The number of amides is 1. The van der Waals surface area contributed by atoms with Crippen LogP contribution < -0.4 is 11.1 Å². The van der Waals surface area contributed by atoms with E-state index in [2.05, 4.69) is 20.4 Å². The highest BCUT2D eigenvalue weighted by molar-refractivity contribution is 5.90. The van der Waals surface area contributed by atoms with Gasteiger partial charge in [-0.1, -0.05) is 13.8 Å². The van der Waals surface area contributed by atoms with Gasteiger partial charge >= 0.3 is 0 Å². The van der Waals surface area contributed by atoms with Crippen LogP contribution in [-0.4, -0.2) is 31.7 Å². The average Bonchev–Trinajstić information content (AvgIpc) is 2.90. The highest BCUT2D eigenvalue weighted by Crippen LogP contribution is 2.20. The van der Waals surface area contributed by atoms with E-state index in [-0.39, 0.29) is 17.9 Å². The summed E-state index contributed by atoms with van der Waals surface area (Å²) in [4.78, 5) is 20.4. The number of hydrogen-bond donors (Lipinski definition) is 2. The van der Waals surface area contributed by atoms with Crippen LogP contribution in [0.3, 0.4) is 0 Å². The van der Waals surface area contributed by atoms with Gasteiger partial charge in [-0.15, -0.1) is 0 Å². The first-order valence-corrected chi connectivity index (χ1v) is 7.40. The predicted octanol–water partition coefficient (Wildman–Crippen LogP) is 1.85. The normalized spacial score (nSPS) is 12.4. The van der Waals surface area contributed by atoms with Gasteiger partial charge in [-0.25, -0.2) is 9.97 Å². The molecular weight excluding hydrogens is 280 g/mol. The predicted molar refractivity (Wildman–Crippen MR) is 84.8 cm³/mol. The summed E-state index contributed by atoms with van der Waals surface area (Å²) in [6.07, 6.45) is 4.29. The lowest BCUT2D eigenvalue weighted by Gasteiger charge is -2.08. The van der Waals surface area contributed by atoms with Gasteiger partial charge in [-0.2, -0.15) is 9.78 Å². The number of nitrogens with zero attached hydrogens (tertiary/aromatic N) is 4. The molecule has 0 aromatic carbocycles. The second-order valence-electron chi connectivity index (χ2n) is 5.63. The number of rotatable bonds is 6. The second kappa shape index (κ2) is 7.13. The lowest BCUT2D eigenvalue weighted by atomic mass is 10.1. The van der Waals surface area contributed by atoms with E-state index in [4.69, 9.17) is 5.73 Å². The zero-order chi connectivity index (χ0) is 16.1. The maximum atomic E-state index is 12.0. The fourth-order valence-electron chi connectivity index (χ4n) is 1.89. The van der Waals surface area contributed by atoms with Gasteiger partial charge in [0.25, 0.3) is 5.95 Å². The molecule has 0 radical (unpaired) electrons. The number of hydrogen-bond acceptors (Lipinski definition) is 5. The molecule has 2 aromatic heterocycles. The molecule has 2 heterocycles. The van der Waals surface area contributed by atoms with Gasteiger partial charge in [0.1, 0.15) is 5.82 Å². The van der Waals surface area contributed by atoms with E-state index >= 15 is 0 Å². The Hall–Kier alpha value is -2.28. The van der Waals surface area contributed by atoms with Crippen LogP contribution in [0.4, 0.5) is 5.82 Å². The third kappa shape index (κ3) is 4.11. The van der Waals surface area contributed by atoms with Gasteiger partial charge in [0, 0.05) is 30.9 Å². The summed E-state index contributed by atoms with van der Waals surface area (Å²) in [6.45, 7) is 5.96. The van der Waals surface area contributed by atoms with Crippen molar-refractivity contribution in [1.82, 2.24) is 19.7 Å². The van der Waals surface area contributed by atoms with Crippen molar-refractivity contribution in [2.45, 2.75) is 45.6 Å². The van der Waals surface area contributed by atoms with Crippen molar-refractivity contribution in [3.8, 4) is 5.95 Å². The number of carbonyl (C=O) groups excluding carboxylic acids is 1. The summed E-state index contributed by atoms with van der Waals surface area (Å²) in [5, 5.41) is 7.35. The van der Waals surface area contributed by atoms with E-state index in [1.165, 1.54) is 0 Å². The Balaban J connectivity index is 2.24. The Kier molecular flexibility index (Phi) is 5.21. The Morgan fingerprint density at radius 1 is 1.32 bits per heavy atom. The molecule has 1 atom stereocenters. The summed E-state index contributed by atoms with van der Waals surface area (Å²) >= 11 is 0. The van der Waals surface area contributed by atoms with Crippen LogP contribution in [0.25, 0.3) is 5.95 Å². The SMILES string of the molecule is CC(N)CCC(=O)Nc1cc(C(C)C)nn1-c1ncccn1. The lowest BCUT2D eigenvalue weighted by molar-refractivity contribution is -0.116. The molecule has 2 aromatic rings. The number of anilines is 1. The first kappa shape index (κ1) is 16.1. The van der Waals surface area contributed by atoms with Gasteiger partial charge in [0.15, 0.2) is 0 Å². The molecule has 0 saturated carbocycles. The van der Waals surface area contributed by atoms with Crippen LogP contribution >= 0.6 is 0 Å². The molecule has 0 aliphatic rings. The van der Waals surface area contributed by atoms with Crippen LogP contribution in [-0.2, 0) is 4.79 Å². The van der Waals surface area contributed by atoms with Crippen molar-refractivity contribution in [3.05, 3.63) is 30.2 Å². The summed E-state index contributed by atoms with van der Waals surface area (Å²) in [5.41, 5.74) is 6.55. The van der Waals surface area contributed by atoms with Gasteiger partial charge < -0.3 is 11.1 Å². The monoisotopic (exact) mass is 302 g/mol. The molecule has 3 N–H and O–H groups in total. The molecule has 0 fully saturated rings. The average molecular weight is 302 g/mol. The number of nitrogens with one attached hydrogen (secondary N) is 1. The van der Waals surface area contributed by atoms with Crippen molar-refractivity contribution in [2.75, 3.05) is 5.32 Å². The van der Waals surface area contributed by atoms with Crippen molar-refractivity contribution in [3.63, 3.8) is 0 Å². The van der Waals surface area contributed by atoms with E-state index in [1.54, 1.807) is 23.1 Å². The molecule has 118 valence electrons. The van der Waals surface area contributed by atoms with Crippen LogP contribution in [0.5, 0.6) is 0 Å². The maximum absolute atomic E-state index is 12.0. The van der Waals surface area contributed by atoms with Crippen molar-refractivity contribution < 1.29 is 4.79 Å². The highest BCUT2D eigenvalue weighted by atomic mass is 16.1. The molecule has 0 aliphatic carbocycles. The third-order valence-corrected chi connectivity index (χ3v) is 3.16. The fourth-order valence-corrected chi connectivity index (χ4v) is 1.89. The van der Waals surface area contributed by atoms with Crippen LogP contribution in [0.15, 0.2) is 24.5 Å². The third-order valence-electron chi connectivity index (χ3n) is 3.16. The Labute approximate surface area is 130 Å².